The summed E-state index contributed by atoms with van der Waals surface area (Å²) >= 11 is 9.37. The molecular formula is C17H17BrClNO. The summed E-state index contributed by atoms with van der Waals surface area (Å²) in [6.07, 6.45) is 0. The number of carbonyl (C=O) groups excluding carboxylic acids is 1. The summed E-state index contributed by atoms with van der Waals surface area (Å²) in [4.78, 5) is 12.4. The van der Waals surface area contributed by atoms with Crippen LogP contribution in [0, 0.1) is 6.92 Å². The Bertz CT molecular complexity index is 682. The summed E-state index contributed by atoms with van der Waals surface area (Å²) in [5.41, 5.74) is 3.61. The number of aryl methyl sites for hydroxylation is 1. The molecule has 0 aromatic heterocycles. The van der Waals surface area contributed by atoms with Gasteiger partial charge in [-0.25, -0.2) is 0 Å². The lowest BCUT2D eigenvalue weighted by atomic mass is 9.98. The highest BCUT2D eigenvalue weighted by atomic mass is 79.9. The second kappa shape index (κ2) is 6.63. The van der Waals surface area contributed by atoms with Gasteiger partial charge in [0.25, 0.3) is 5.91 Å². The highest BCUT2D eigenvalue weighted by molar-refractivity contribution is 9.10. The minimum atomic E-state index is -0.152. The zero-order valence-electron chi connectivity index (χ0n) is 12.2. The first kappa shape index (κ1) is 16.1. The minimum Gasteiger partial charge on any atom is -0.321 e. The Morgan fingerprint density at radius 2 is 1.95 bits per heavy atom. The largest absolute Gasteiger partial charge is 0.321 e. The maximum absolute atomic E-state index is 12.4. The average molecular weight is 367 g/mol. The standard InChI is InChI=1S/C17H17BrClNO/c1-10(2)13-6-4-5-11(3)16(13)20-17(21)12-7-8-14(18)15(19)9-12/h4-10H,1-3H3,(H,20,21). The molecule has 21 heavy (non-hydrogen) atoms. The van der Waals surface area contributed by atoms with E-state index in [-0.39, 0.29) is 5.91 Å². The molecule has 2 aromatic rings. The fourth-order valence-corrected chi connectivity index (χ4v) is 2.59. The third-order valence-corrected chi connectivity index (χ3v) is 4.58. The molecular weight excluding hydrogens is 350 g/mol. The second-order valence-corrected chi connectivity index (χ2v) is 6.54. The molecule has 0 aliphatic rings. The molecule has 0 saturated heterocycles. The number of hydrogen-bond donors (Lipinski definition) is 1. The number of amides is 1. The molecule has 4 heteroatoms. The number of hydrogen-bond acceptors (Lipinski definition) is 1. The van der Waals surface area contributed by atoms with Crippen molar-refractivity contribution in [2.24, 2.45) is 0 Å². The smallest absolute Gasteiger partial charge is 0.255 e. The van der Waals surface area contributed by atoms with Gasteiger partial charge in [-0.05, 0) is 58.1 Å². The molecule has 0 radical (unpaired) electrons. The first-order valence-electron chi connectivity index (χ1n) is 6.76. The van der Waals surface area contributed by atoms with Crippen LogP contribution < -0.4 is 5.32 Å². The van der Waals surface area contributed by atoms with E-state index in [9.17, 15) is 4.79 Å². The number of nitrogens with one attached hydrogen (secondary N) is 1. The van der Waals surface area contributed by atoms with E-state index in [1.165, 1.54) is 0 Å². The summed E-state index contributed by atoms with van der Waals surface area (Å²) in [5, 5.41) is 3.53. The summed E-state index contributed by atoms with van der Waals surface area (Å²) in [6.45, 7) is 6.22. The Labute approximate surface area is 138 Å². The van der Waals surface area contributed by atoms with E-state index in [4.69, 9.17) is 11.6 Å². The van der Waals surface area contributed by atoms with Crippen molar-refractivity contribution in [2.45, 2.75) is 26.7 Å². The molecule has 0 unspecified atom stereocenters. The van der Waals surface area contributed by atoms with Gasteiger partial charge < -0.3 is 5.32 Å². The molecule has 0 bridgehead atoms. The SMILES string of the molecule is Cc1cccc(C(C)C)c1NC(=O)c1ccc(Br)c(Cl)c1. The maximum atomic E-state index is 12.4. The molecule has 2 aromatic carbocycles. The van der Waals surface area contributed by atoms with E-state index in [2.05, 4.69) is 35.1 Å². The normalized spacial score (nSPS) is 10.8. The zero-order chi connectivity index (χ0) is 15.6. The summed E-state index contributed by atoms with van der Waals surface area (Å²) in [5.74, 6) is 0.189. The van der Waals surface area contributed by atoms with Crippen molar-refractivity contribution in [1.82, 2.24) is 0 Å². The van der Waals surface area contributed by atoms with Crippen molar-refractivity contribution in [3.8, 4) is 0 Å². The predicted octanol–water partition coefficient (Wildman–Crippen LogP) is 5.79. The van der Waals surface area contributed by atoms with E-state index in [1.807, 2.05) is 25.1 Å². The quantitative estimate of drug-likeness (QED) is 0.732. The van der Waals surface area contributed by atoms with Crippen LogP contribution in [0.25, 0.3) is 0 Å². The Kier molecular flexibility index (Phi) is 5.07. The number of halogens is 2. The molecule has 0 heterocycles. The van der Waals surface area contributed by atoms with Crippen LogP contribution in [0.5, 0.6) is 0 Å². The van der Waals surface area contributed by atoms with Crippen molar-refractivity contribution < 1.29 is 4.79 Å². The van der Waals surface area contributed by atoms with Crippen LogP contribution in [0.1, 0.15) is 41.3 Å². The minimum absolute atomic E-state index is 0.152. The van der Waals surface area contributed by atoms with Crippen LogP contribution in [-0.4, -0.2) is 5.91 Å². The van der Waals surface area contributed by atoms with Crippen molar-refractivity contribution in [2.75, 3.05) is 5.32 Å². The molecule has 0 aliphatic heterocycles. The fourth-order valence-electron chi connectivity index (χ4n) is 2.17. The average Bonchev–Trinajstić information content (AvgIpc) is 2.43. The van der Waals surface area contributed by atoms with Gasteiger partial charge in [0.1, 0.15) is 0 Å². The molecule has 1 amide bonds. The van der Waals surface area contributed by atoms with Gasteiger partial charge in [0.2, 0.25) is 0 Å². The van der Waals surface area contributed by atoms with Crippen LogP contribution in [0.4, 0.5) is 5.69 Å². The van der Waals surface area contributed by atoms with Crippen molar-refractivity contribution in [3.63, 3.8) is 0 Å². The first-order valence-corrected chi connectivity index (χ1v) is 7.93. The Morgan fingerprint density at radius 1 is 1.24 bits per heavy atom. The van der Waals surface area contributed by atoms with E-state index in [1.54, 1.807) is 18.2 Å². The van der Waals surface area contributed by atoms with Gasteiger partial charge in [-0.3, -0.25) is 4.79 Å². The molecule has 0 aliphatic carbocycles. The Hall–Kier alpha value is -1.32. The summed E-state index contributed by atoms with van der Waals surface area (Å²) < 4.78 is 0.777. The van der Waals surface area contributed by atoms with Crippen LogP contribution in [0.3, 0.4) is 0 Å². The van der Waals surface area contributed by atoms with Gasteiger partial charge in [0.05, 0.1) is 5.02 Å². The Morgan fingerprint density at radius 3 is 2.57 bits per heavy atom. The predicted molar refractivity (Wildman–Crippen MR) is 92.4 cm³/mol. The third-order valence-electron chi connectivity index (χ3n) is 3.35. The third kappa shape index (κ3) is 3.66. The van der Waals surface area contributed by atoms with Crippen LogP contribution in [0.2, 0.25) is 5.02 Å². The van der Waals surface area contributed by atoms with Crippen molar-refractivity contribution >= 4 is 39.1 Å². The fraction of sp³-hybridized carbons (Fsp3) is 0.235. The van der Waals surface area contributed by atoms with Gasteiger partial charge in [0.15, 0.2) is 0 Å². The van der Waals surface area contributed by atoms with Crippen LogP contribution in [0.15, 0.2) is 40.9 Å². The molecule has 0 spiro atoms. The monoisotopic (exact) mass is 365 g/mol. The van der Waals surface area contributed by atoms with Gasteiger partial charge in [-0.15, -0.1) is 0 Å². The summed E-state index contributed by atoms with van der Waals surface area (Å²) in [7, 11) is 0. The highest BCUT2D eigenvalue weighted by Gasteiger charge is 2.14. The number of carbonyl (C=O) groups is 1. The van der Waals surface area contributed by atoms with Gasteiger partial charge in [0, 0.05) is 15.7 Å². The number of para-hydroxylation sites is 1. The number of rotatable bonds is 3. The van der Waals surface area contributed by atoms with Gasteiger partial charge in [-0.1, -0.05) is 43.6 Å². The maximum Gasteiger partial charge on any atom is 0.255 e. The molecule has 2 rings (SSSR count). The van der Waals surface area contributed by atoms with Crippen LogP contribution in [-0.2, 0) is 0 Å². The summed E-state index contributed by atoms with van der Waals surface area (Å²) in [6, 6.07) is 11.2. The first-order chi connectivity index (χ1) is 9.90. The van der Waals surface area contributed by atoms with Crippen molar-refractivity contribution in [3.05, 3.63) is 62.6 Å². The van der Waals surface area contributed by atoms with E-state index in [0.717, 1.165) is 21.3 Å². The molecule has 1 N–H and O–H groups in total. The van der Waals surface area contributed by atoms with E-state index >= 15 is 0 Å². The second-order valence-electron chi connectivity index (χ2n) is 5.28. The van der Waals surface area contributed by atoms with Gasteiger partial charge >= 0.3 is 0 Å². The van der Waals surface area contributed by atoms with E-state index in [0.29, 0.717) is 16.5 Å². The molecule has 110 valence electrons. The van der Waals surface area contributed by atoms with Gasteiger partial charge in [-0.2, -0.15) is 0 Å². The zero-order valence-corrected chi connectivity index (χ0v) is 14.5. The lowest BCUT2D eigenvalue weighted by molar-refractivity contribution is 0.102. The van der Waals surface area contributed by atoms with Crippen molar-refractivity contribution in [1.29, 1.82) is 0 Å². The number of benzene rings is 2. The topological polar surface area (TPSA) is 29.1 Å². The lowest BCUT2D eigenvalue weighted by Crippen LogP contribution is -2.14. The highest BCUT2D eigenvalue weighted by Crippen LogP contribution is 2.28. The van der Waals surface area contributed by atoms with Crippen LogP contribution >= 0.6 is 27.5 Å². The molecule has 0 atom stereocenters. The lowest BCUT2D eigenvalue weighted by Gasteiger charge is -2.16. The van der Waals surface area contributed by atoms with E-state index < -0.39 is 0 Å². The molecule has 0 fully saturated rings. The number of anilines is 1. The molecule has 2 nitrogen and oxygen atoms in total. The Balaban J connectivity index is 2.33. The molecule has 0 saturated carbocycles.